The third-order valence-corrected chi connectivity index (χ3v) is 5.35. The molecule has 0 saturated carbocycles. The van der Waals surface area contributed by atoms with Gasteiger partial charge >= 0.3 is 0 Å². The molecule has 1 amide bonds. The van der Waals surface area contributed by atoms with Gasteiger partial charge in [-0.15, -0.1) is 0 Å². The smallest absolute Gasteiger partial charge is 0.254 e. The van der Waals surface area contributed by atoms with E-state index in [0.29, 0.717) is 29.3 Å². The summed E-state index contributed by atoms with van der Waals surface area (Å²) in [5, 5.41) is 0. The summed E-state index contributed by atoms with van der Waals surface area (Å²) in [6, 6.07) is 12.1. The van der Waals surface area contributed by atoms with Crippen LogP contribution in [0.25, 0.3) is 0 Å². The molecule has 150 valence electrons. The van der Waals surface area contributed by atoms with Crippen molar-refractivity contribution in [3.05, 3.63) is 53.6 Å². The summed E-state index contributed by atoms with van der Waals surface area (Å²) in [7, 11) is -0.173. The van der Waals surface area contributed by atoms with E-state index in [1.165, 1.54) is 0 Å². The third kappa shape index (κ3) is 4.39. The molecule has 1 heterocycles. The number of hydrogen-bond donors (Lipinski definition) is 1. The van der Waals surface area contributed by atoms with Crippen molar-refractivity contribution in [3.8, 4) is 11.5 Å². The van der Waals surface area contributed by atoms with E-state index in [1.807, 2.05) is 23.1 Å². The molecule has 1 aliphatic heterocycles. The molecule has 7 nitrogen and oxygen atoms in total. The van der Waals surface area contributed by atoms with Crippen molar-refractivity contribution in [3.63, 3.8) is 0 Å². The van der Waals surface area contributed by atoms with Gasteiger partial charge in [-0.25, -0.2) is 8.42 Å². The molecule has 1 saturated heterocycles. The molecule has 1 N–H and O–H groups in total. The first-order chi connectivity index (χ1) is 13.3. The molecule has 28 heavy (non-hydrogen) atoms. The van der Waals surface area contributed by atoms with Crippen LogP contribution < -0.4 is 14.2 Å². The number of carbonyl (C=O) groups excluding carboxylic acids is 1. The van der Waals surface area contributed by atoms with E-state index in [1.54, 1.807) is 38.5 Å². The van der Waals surface area contributed by atoms with E-state index in [9.17, 15) is 13.2 Å². The number of rotatable bonds is 6. The van der Waals surface area contributed by atoms with Crippen LogP contribution >= 0.6 is 0 Å². The first-order valence-electron chi connectivity index (χ1n) is 8.93. The lowest BCUT2D eigenvalue weighted by Gasteiger charge is -2.26. The van der Waals surface area contributed by atoms with E-state index in [2.05, 4.69) is 4.72 Å². The van der Waals surface area contributed by atoms with Gasteiger partial charge in [0.1, 0.15) is 0 Å². The standard InChI is InChI=1S/C20H24N2O5S/c1-26-18-11-8-15(13-19(18)27-2)17-5-4-12-22(17)20(23)14-6-9-16(10-7-14)21-28(3,24)25/h6-11,13,17,21H,4-5,12H2,1-3H3. The highest BCUT2D eigenvalue weighted by Crippen LogP contribution is 2.37. The van der Waals surface area contributed by atoms with Crippen LogP contribution in [-0.2, 0) is 10.0 Å². The van der Waals surface area contributed by atoms with Gasteiger partial charge < -0.3 is 14.4 Å². The summed E-state index contributed by atoms with van der Waals surface area (Å²) in [5.41, 5.74) is 1.95. The van der Waals surface area contributed by atoms with Gasteiger partial charge in [0.15, 0.2) is 11.5 Å². The van der Waals surface area contributed by atoms with Crippen LogP contribution in [0, 0.1) is 0 Å². The minimum atomic E-state index is -3.35. The van der Waals surface area contributed by atoms with Gasteiger partial charge in [-0.1, -0.05) is 6.07 Å². The van der Waals surface area contributed by atoms with Crippen molar-refractivity contribution in [2.75, 3.05) is 31.7 Å². The molecule has 0 spiro atoms. The molecule has 0 aliphatic carbocycles. The molecule has 1 aliphatic rings. The van der Waals surface area contributed by atoms with Gasteiger partial charge in [-0.2, -0.15) is 0 Å². The fourth-order valence-electron chi connectivity index (χ4n) is 3.48. The van der Waals surface area contributed by atoms with Gasteiger partial charge in [0.2, 0.25) is 10.0 Å². The van der Waals surface area contributed by atoms with Crippen molar-refractivity contribution in [1.29, 1.82) is 0 Å². The fraction of sp³-hybridized carbons (Fsp3) is 0.350. The molecule has 2 aromatic carbocycles. The van der Waals surface area contributed by atoms with E-state index >= 15 is 0 Å². The Morgan fingerprint density at radius 1 is 1.07 bits per heavy atom. The van der Waals surface area contributed by atoms with Gasteiger partial charge in [0, 0.05) is 17.8 Å². The van der Waals surface area contributed by atoms with Crippen LogP contribution in [0.2, 0.25) is 0 Å². The summed E-state index contributed by atoms with van der Waals surface area (Å²) in [6.45, 7) is 0.668. The second-order valence-corrected chi connectivity index (χ2v) is 8.47. The van der Waals surface area contributed by atoms with Gasteiger partial charge in [0.05, 0.1) is 26.5 Å². The number of ether oxygens (including phenoxy) is 2. The molecule has 1 atom stereocenters. The molecule has 0 radical (unpaired) electrons. The number of hydrogen-bond acceptors (Lipinski definition) is 5. The molecule has 0 bridgehead atoms. The highest BCUT2D eigenvalue weighted by Gasteiger charge is 2.31. The normalized spacial score (nSPS) is 16.7. The Morgan fingerprint density at radius 2 is 1.75 bits per heavy atom. The van der Waals surface area contributed by atoms with Crippen molar-refractivity contribution in [1.82, 2.24) is 4.90 Å². The molecule has 8 heteroatoms. The van der Waals surface area contributed by atoms with Crippen molar-refractivity contribution in [2.24, 2.45) is 0 Å². The van der Waals surface area contributed by atoms with Crippen LogP contribution in [0.1, 0.15) is 34.8 Å². The van der Waals surface area contributed by atoms with Crippen LogP contribution in [0.5, 0.6) is 11.5 Å². The largest absolute Gasteiger partial charge is 0.493 e. The summed E-state index contributed by atoms with van der Waals surface area (Å²) in [5.74, 6) is 1.20. The van der Waals surface area contributed by atoms with E-state index in [4.69, 9.17) is 9.47 Å². The maximum atomic E-state index is 13.0. The minimum absolute atomic E-state index is 0.0406. The topological polar surface area (TPSA) is 84.9 Å². The number of methoxy groups -OCH3 is 2. The summed E-state index contributed by atoms with van der Waals surface area (Å²) >= 11 is 0. The number of carbonyl (C=O) groups is 1. The van der Waals surface area contributed by atoms with Crippen LogP contribution in [-0.4, -0.2) is 46.2 Å². The zero-order chi connectivity index (χ0) is 20.3. The quantitative estimate of drug-likeness (QED) is 0.800. The average Bonchev–Trinajstić information content (AvgIpc) is 3.16. The highest BCUT2D eigenvalue weighted by molar-refractivity contribution is 7.92. The maximum Gasteiger partial charge on any atom is 0.254 e. The Balaban J connectivity index is 1.81. The zero-order valence-electron chi connectivity index (χ0n) is 16.1. The number of nitrogens with one attached hydrogen (secondary N) is 1. The number of anilines is 1. The molecular formula is C20H24N2O5S. The number of benzene rings is 2. The molecule has 3 rings (SSSR count). The van der Waals surface area contributed by atoms with E-state index < -0.39 is 10.0 Å². The van der Waals surface area contributed by atoms with Crippen LogP contribution in [0.15, 0.2) is 42.5 Å². The molecule has 2 aromatic rings. The first kappa shape index (κ1) is 20.0. The number of amides is 1. The SMILES string of the molecule is COc1ccc(C2CCCN2C(=O)c2ccc(NS(C)(=O)=O)cc2)cc1OC. The molecule has 1 unspecified atom stereocenters. The summed E-state index contributed by atoms with van der Waals surface area (Å²) in [6.07, 6.45) is 2.87. The van der Waals surface area contributed by atoms with Crippen LogP contribution in [0.4, 0.5) is 5.69 Å². The minimum Gasteiger partial charge on any atom is -0.493 e. The monoisotopic (exact) mass is 404 g/mol. The molecule has 0 aromatic heterocycles. The Bertz CT molecular complexity index is 957. The third-order valence-electron chi connectivity index (χ3n) is 4.74. The maximum absolute atomic E-state index is 13.0. The van der Waals surface area contributed by atoms with Crippen LogP contribution in [0.3, 0.4) is 0 Å². The van der Waals surface area contributed by atoms with Crippen molar-refractivity contribution >= 4 is 21.6 Å². The van der Waals surface area contributed by atoms with E-state index in [0.717, 1.165) is 24.7 Å². The molecular weight excluding hydrogens is 380 g/mol. The lowest BCUT2D eigenvalue weighted by Crippen LogP contribution is -2.30. The summed E-state index contributed by atoms with van der Waals surface area (Å²) in [4.78, 5) is 14.9. The Morgan fingerprint density at radius 3 is 2.36 bits per heavy atom. The van der Waals surface area contributed by atoms with Gasteiger partial charge in [-0.05, 0) is 54.8 Å². The van der Waals surface area contributed by atoms with Crippen molar-refractivity contribution in [2.45, 2.75) is 18.9 Å². The fourth-order valence-corrected chi connectivity index (χ4v) is 4.04. The zero-order valence-corrected chi connectivity index (χ0v) is 17.0. The Labute approximate surface area is 165 Å². The predicted molar refractivity (Wildman–Crippen MR) is 107 cm³/mol. The Kier molecular flexibility index (Phi) is 5.79. The average molecular weight is 404 g/mol. The number of nitrogens with zero attached hydrogens (tertiary/aromatic N) is 1. The lowest BCUT2D eigenvalue weighted by molar-refractivity contribution is 0.0735. The van der Waals surface area contributed by atoms with Gasteiger partial charge in [-0.3, -0.25) is 9.52 Å². The Hall–Kier alpha value is -2.74. The second-order valence-electron chi connectivity index (χ2n) is 6.72. The molecule has 1 fully saturated rings. The van der Waals surface area contributed by atoms with Gasteiger partial charge in [0.25, 0.3) is 5.91 Å². The number of likely N-dealkylation sites (tertiary alicyclic amines) is 1. The number of sulfonamides is 1. The second kappa shape index (κ2) is 8.10. The van der Waals surface area contributed by atoms with E-state index in [-0.39, 0.29) is 11.9 Å². The highest BCUT2D eigenvalue weighted by atomic mass is 32.2. The van der Waals surface area contributed by atoms with Crippen molar-refractivity contribution < 1.29 is 22.7 Å². The predicted octanol–water partition coefficient (Wildman–Crippen LogP) is 3.05. The lowest BCUT2D eigenvalue weighted by atomic mass is 10.0. The first-order valence-corrected chi connectivity index (χ1v) is 10.8. The summed E-state index contributed by atoms with van der Waals surface area (Å²) < 4.78 is 35.7.